The molecule has 0 fully saturated rings. The normalized spacial score (nSPS) is 5.00. The summed E-state index contributed by atoms with van der Waals surface area (Å²) >= 11 is 0. The van der Waals surface area contributed by atoms with E-state index < -0.39 is 0 Å². The van der Waals surface area contributed by atoms with Crippen LogP contribution in [0.25, 0.3) is 0 Å². The molecule has 4 rings (SSSR count). The number of rotatable bonds is 0. The molecule has 6 N–H and O–H groups in total. The molecular weight excluding hydrogens is 688 g/mol. The Morgan fingerprint density at radius 2 is 0.500 bits per heavy atom. The summed E-state index contributed by atoms with van der Waals surface area (Å²) in [6.07, 6.45) is 20.3. The number of hydrogen-bond acceptors (Lipinski definition) is 4. The van der Waals surface area contributed by atoms with E-state index in [0.717, 1.165) is 0 Å². The summed E-state index contributed by atoms with van der Waals surface area (Å²) in [4.78, 5) is 25.7. The Balaban J connectivity index is -0.0000000148. The summed E-state index contributed by atoms with van der Waals surface area (Å²) in [5, 5.41) is 0. The van der Waals surface area contributed by atoms with Crippen molar-refractivity contribution in [1.29, 1.82) is 0 Å². The second-order valence-electron chi connectivity index (χ2n) is 3.04. The molecule has 0 saturated carbocycles. The van der Waals surface area contributed by atoms with Crippen LogP contribution in [0.3, 0.4) is 0 Å². The van der Waals surface area contributed by atoms with Crippen molar-refractivity contribution in [3.8, 4) is 0 Å². The van der Waals surface area contributed by atoms with Crippen molar-refractivity contribution < 1.29 is 112 Å². The van der Waals surface area contributed by atoms with E-state index in [-0.39, 0.29) is 112 Å². The molecule has 0 atom stereocenters. The van der Waals surface area contributed by atoms with Crippen molar-refractivity contribution in [3.05, 3.63) is 74.9 Å². The van der Waals surface area contributed by atoms with Gasteiger partial charge in [0.15, 0.2) is 0 Å². The van der Waals surface area contributed by atoms with E-state index in [1.807, 2.05) is 0 Å². The molecule has 0 bridgehead atoms. The molecule has 4 aromatic rings. The van der Waals surface area contributed by atoms with Crippen LogP contribution >= 0.6 is 0 Å². The van der Waals surface area contributed by atoms with Crippen molar-refractivity contribution >= 4 is 0 Å². The van der Waals surface area contributed by atoms with Gasteiger partial charge in [0.25, 0.3) is 0 Å². The Bertz CT molecular complexity index is 391. The van der Waals surface area contributed by atoms with Gasteiger partial charge in [0.2, 0.25) is 0 Å². The third-order valence-corrected chi connectivity index (χ3v) is 1.62. The standard InChI is InChI=1S/4C3H4N2.3Mo.H2O.8O/c4*1-2-5-3-4-1;;;;;;;;;;;;/h4*1-3H,(H,4,5);;;;1H2;;;;;;;;/q;;;;;;;;8*-2. The van der Waals surface area contributed by atoms with Crippen molar-refractivity contribution in [1.82, 2.24) is 39.9 Å². The first-order valence-corrected chi connectivity index (χ1v) is 5.71. The van der Waals surface area contributed by atoms with E-state index in [1.165, 1.54) is 0 Å². The second kappa shape index (κ2) is 70.0. The molecule has 20 heteroatoms. The third-order valence-electron chi connectivity index (χ3n) is 1.62. The van der Waals surface area contributed by atoms with Gasteiger partial charge in [-0.1, -0.05) is 0 Å². The van der Waals surface area contributed by atoms with E-state index in [9.17, 15) is 0 Å². The average molecular weight is 706 g/mol. The zero-order valence-corrected chi connectivity index (χ0v) is 21.7. The quantitative estimate of drug-likeness (QED) is 0.181. The molecule has 0 aliphatic heterocycles. The first-order chi connectivity index (χ1) is 10.0. The molecule has 0 amide bonds. The average Bonchev–Trinajstić information content (AvgIpc) is 3.40. The van der Waals surface area contributed by atoms with Crippen molar-refractivity contribution in [2.75, 3.05) is 0 Å². The van der Waals surface area contributed by atoms with E-state index in [1.54, 1.807) is 74.9 Å². The molecular formula is C12H18Mo3N8O9-16. The minimum atomic E-state index is 0. The molecule has 0 radical (unpaired) electrons. The van der Waals surface area contributed by atoms with Gasteiger partial charge in [0.1, 0.15) is 0 Å². The SMILES string of the molecule is O.[Mo].[Mo].[Mo].[O-2].[O-2].[O-2].[O-2].[O-2].[O-2].[O-2].[O-2].c1c[nH]cn1.c1c[nH]cn1.c1c[nH]cn1.c1c[nH]cn1. The fourth-order valence-corrected chi connectivity index (χ4v) is 0.861. The van der Waals surface area contributed by atoms with Crippen LogP contribution in [0.5, 0.6) is 0 Å². The van der Waals surface area contributed by atoms with E-state index in [0.29, 0.717) is 0 Å². The van der Waals surface area contributed by atoms with Crippen LogP contribution in [0.2, 0.25) is 0 Å². The maximum absolute atomic E-state index is 3.67. The van der Waals surface area contributed by atoms with Crippen LogP contribution in [0.15, 0.2) is 74.9 Å². The van der Waals surface area contributed by atoms with Gasteiger partial charge in [-0.15, -0.1) is 0 Å². The van der Waals surface area contributed by atoms with Crippen LogP contribution in [-0.4, -0.2) is 45.3 Å². The van der Waals surface area contributed by atoms with Gasteiger partial charge in [-0.2, -0.15) is 0 Å². The number of nitrogens with zero attached hydrogens (tertiary/aromatic N) is 4. The number of aromatic nitrogens is 8. The van der Waals surface area contributed by atoms with E-state index in [2.05, 4.69) is 39.9 Å². The fourth-order valence-electron chi connectivity index (χ4n) is 0.861. The smallest absolute Gasteiger partial charge is 0.0919 e. The zero-order chi connectivity index (χ0) is 14.1. The maximum Gasteiger partial charge on any atom is 0.0919 e. The van der Waals surface area contributed by atoms with Crippen molar-refractivity contribution in [2.24, 2.45) is 0 Å². The van der Waals surface area contributed by atoms with Gasteiger partial charge in [0.05, 0.1) is 25.3 Å². The Hall–Kier alpha value is -1.46. The Kier molecular flexibility index (Phi) is 170. The van der Waals surface area contributed by atoms with Crippen LogP contribution in [0.4, 0.5) is 0 Å². The summed E-state index contributed by atoms with van der Waals surface area (Å²) in [6.45, 7) is 0. The third kappa shape index (κ3) is 63.0. The number of nitrogens with one attached hydrogen (secondary N) is 4. The van der Waals surface area contributed by atoms with Crippen LogP contribution < -0.4 is 0 Å². The molecule has 4 aromatic heterocycles. The fraction of sp³-hybridized carbons (Fsp3) is 0. The molecule has 0 saturated heterocycles. The van der Waals surface area contributed by atoms with Crippen LogP contribution in [0.1, 0.15) is 0 Å². The summed E-state index contributed by atoms with van der Waals surface area (Å²) in [7, 11) is 0. The van der Waals surface area contributed by atoms with Crippen molar-refractivity contribution in [2.45, 2.75) is 0 Å². The summed E-state index contributed by atoms with van der Waals surface area (Å²) in [6, 6.07) is 0. The topological polar surface area (TPSA) is 374 Å². The molecule has 0 aliphatic rings. The summed E-state index contributed by atoms with van der Waals surface area (Å²) in [5.41, 5.74) is 0. The van der Waals surface area contributed by atoms with Gasteiger partial charge in [-0.05, 0) is 0 Å². The molecule has 32 heavy (non-hydrogen) atoms. The summed E-state index contributed by atoms with van der Waals surface area (Å²) < 4.78 is 0. The molecule has 0 aliphatic carbocycles. The molecule has 4 heterocycles. The Morgan fingerprint density at radius 3 is 0.531 bits per heavy atom. The van der Waals surface area contributed by atoms with Gasteiger partial charge in [-0.25, -0.2) is 19.9 Å². The molecule has 0 aromatic carbocycles. The van der Waals surface area contributed by atoms with Crippen LogP contribution in [-0.2, 0) is 107 Å². The molecule has 194 valence electrons. The van der Waals surface area contributed by atoms with Gasteiger partial charge >= 0.3 is 0 Å². The van der Waals surface area contributed by atoms with Gasteiger partial charge in [-0.3, -0.25) is 0 Å². The van der Waals surface area contributed by atoms with Crippen LogP contribution in [0, 0.1) is 0 Å². The zero-order valence-electron chi connectivity index (χ0n) is 15.7. The summed E-state index contributed by atoms with van der Waals surface area (Å²) in [5.74, 6) is 0. The molecule has 17 nitrogen and oxygen atoms in total. The first kappa shape index (κ1) is 77.5. The van der Waals surface area contributed by atoms with Gasteiger partial charge < -0.3 is 69.2 Å². The predicted octanol–water partition coefficient (Wildman–Crippen LogP) is -0.144. The maximum atomic E-state index is 3.67. The number of imidazole rings is 4. The van der Waals surface area contributed by atoms with E-state index >= 15 is 0 Å². The van der Waals surface area contributed by atoms with E-state index in [4.69, 9.17) is 0 Å². The monoisotopic (exact) mass is 712 g/mol. The number of hydrogen-bond donors (Lipinski definition) is 4. The van der Waals surface area contributed by atoms with Gasteiger partial charge in [0, 0.05) is 113 Å². The second-order valence-corrected chi connectivity index (χ2v) is 3.04. The minimum Gasteiger partial charge on any atom is -2.00 e. The molecule has 0 spiro atoms. The Morgan fingerprint density at radius 1 is 0.344 bits per heavy atom. The predicted molar refractivity (Wildman–Crippen MR) is 83.5 cm³/mol. The van der Waals surface area contributed by atoms with Crippen molar-refractivity contribution in [3.63, 3.8) is 0 Å². The molecule has 0 unspecified atom stereocenters. The first-order valence-electron chi connectivity index (χ1n) is 5.71. The number of H-pyrrole nitrogens is 4. The largest absolute Gasteiger partial charge is 2.00 e. The number of aromatic amines is 4. The minimum absolute atomic E-state index is 0. The Labute approximate surface area is 226 Å².